The summed E-state index contributed by atoms with van der Waals surface area (Å²) in [6, 6.07) is 8.75. The predicted octanol–water partition coefficient (Wildman–Crippen LogP) is 4.26. The van der Waals surface area contributed by atoms with E-state index in [0.29, 0.717) is 30.3 Å². The van der Waals surface area contributed by atoms with Crippen molar-refractivity contribution in [2.45, 2.75) is 64.6 Å². The summed E-state index contributed by atoms with van der Waals surface area (Å²) in [5, 5.41) is 0. The van der Waals surface area contributed by atoms with Crippen LogP contribution in [0.3, 0.4) is 0 Å². The number of amides is 2. The van der Waals surface area contributed by atoms with E-state index in [4.69, 9.17) is 28.4 Å². The van der Waals surface area contributed by atoms with Crippen molar-refractivity contribution in [1.82, 2.24) is 9.80 Å². The highest BCUT2D eigenvalue weighted by Crippen LogP contribution is 2.52. The minimum atomic E-state index is -0.754. The molecule has 2 aliphatic rings. The van der Waals surface area contributed by atoms with Gasteiger partial charge in [0, 0.05) is 30.2 Å². The minimum absolute atomic E-state index is 0.179. The first-order valence-corrected chi connectivity index (χ1v) is 13.3. The van der Waals surface area contributed by atoms with E-state index >= 15 is 0 Å². The topological polar surface area (TPSA) is 96.0 Å². The van der Waals surface area contributed by atoms with Crippen molar-refractivity contribution < 1.29 is 38.0 Å². The Balaban J connectivity index is 1.82. The molecule has 0 unspecified atom stereocenters. The third-order valence-electron chi connectivity index (χ3n) is 7.27. The lowest BCUT2D eigenvalue weighted by molar-refractivity contribution is -0.170. The molecule has 0 saturated carbocycles. The van der Waals surface area contributed by atoms with Crippen LogP contribution in [0, 0.1) is 6.92 Å². The van der Waals surface area contributed by atoms with Crippen LogP contribution in [0.2, 0.25) is 0 Å². The van der Waals surface area contributed by atoms with Gasteiger partial charge in [-0.25, -0.2) is 4.79 Å². The highest BCUT2D eigenvalue weighted by molar-refractivity contribution is 5.85. The van der Waals surface area contributed by atoms with Gasteiger partial charge in [0.05, 0.1) is 46.6 Å². The molecule has 1 saturated heterocycles. The van der Waals surface area contributed by atoms with E-state index in [0.717, 1.165) is 22.3 Å². The Kier molecular flexibility index (Phi) is 8.80. The van der Waals surface area contributed by atoms with Crippen LogP contribution in [0.4, 0.5) is 4.79 Å². The molecule has 0 spiro atoms. The summed E-state index contributed by atoms with van der Waals surface area (Å²) >= 11 is 0. The summed E-state index contributed by atoms with van der Waals surface area (Å²) in [5.41, 5.74) is 2.68. The van der Waals surface area contributed by atoms with Crippen molar-refractivity contribution in [2.24, 2.45) is 0 Å². The third kappa shape index (κ3) is 5.55. The van der Waals surface area contributed by atoms with Gasteiger partial charge in [-0.1, -0.05) is 30.3 Å². The van der Waals surface area contributed by atoms with E-state index in [1.54, 1.807) is 47.0 Å². The smallest absolute Gasteiger partial charge is 0.412 e. The molecule has 0 aliphatic carbocycles. The Labute approximate surface area is 236 Å². The molecule has 2 aromatic carbocycles. The second-order valence-electron chi connectivity index (χ2n) is 10.9. The zero-order valence-electron chi connectivity index (χ0n) is 24.6. The standard InChI is InChI=1S/C30H40N2O8/c1-18-25(35-5)20-14-21-28(38-8)31(29(34)40-30(2,3)4)15-23(33)32(21)22(24(20)27(37-7)26(18)36-6)17-39-16-19-12-10-9-11-13-19/h9-13,21-22,28H,14-17H2,1-8H3/t21-,22-,28+/m0/s1. The number of carbonyl (C=O) groups is 2. The van der Waals surface area contributed by atoms with E-state index in [2.05, 4.69) is 0 Å². The van der Waals surface area contributed by atoms with E-state index < -0.39 is 30.0 Å². The maximum atomic E-state index is 13.9. The molecule has 1 fully saturated rings. The monoisotopic (exact) mass is 556 g/mol. The molecular weight excluding hydrogens is 516 g/mol. The maximum absolute atomic E-state index is 13.9. The van der Waals surface area contributed by atoms with Crippen LogP contribution in [0.15, 0.2) is 30.3 Å². The summed E-state index contributed by atoms with van der Waals surface area (Å²) in [4.78, 5) is 30.2. The fourth-order valence-corrected chi connectivity index (χ4v) is 5.76. The Morgan fingerprint density at radius 3 is 2.20 bits per heavy atom. The van der Waals surface area contributed by atoms with Gasteiger partial charge in [0.15, 0.2) is 17.7 Å². The van der Waals surface area contributed by atoms with Gasteiger partial charge in [-0.15, -0.1) is 0 Å². The number of hydrogen-bond acceptors (Lipinski definition) is 8. The van der Waals surface area contributed by atoms with Gasteiger partial charge in [-0.2, -0.15) is 0 Å². The van der Waals surface area contributed by atoms with Crippen molar-refractivity contribution in [3.8, 4) is 17.2 Å². The summed E-state index contributed by atoms with van der Waals surface area (Å²) in [7, 11) is 6.30. The SMILES string of the molecule is COc1c(C)c(OC)c(OC)c2c1C[C@H]1[C@@H](OC)N(C(=O)OC(C)(C)C)CC(=O)N1[C@H]2COCc1ccccc1. The highest BCUT2D eigenvalue weighted by Gasteiger charge is 2.52. The van der Waals surface area contributed by atoms with E-state index in [-0.39, 0.29) is 19.1 Å². The van der Waals surface area contributed by atoms with Crippen molar-refractivity contribution >= 4 is 12.0 Å². The van der Waals surface area contributed by atoms with Crippen LogP contribution in [-0.4, -0.2) is 81.3 Å². The number of ether oxygens (including phenoxy) is 6. The summed E-state index contributed by atoms with van der Waals surface area (Å²) in [6.07, 6.45) is -1.00. The fraction of sp³-hybridized carbons (Fsp3) is 0.533. The van der Waals surface area contributed by atoms with Gasteiger partial charge in [0.2, 0.25) is 5.91 Å². The summed E-state index contributed by atoms with van der Waals surface area (Å²) in [6.45, 7) is 7.61. The molecule has 0 bridgehead atoms. The number of carbonyl (C=O) groups excluding carboxylic acids is 2. The number of rotatable bonds is 8. The van der Waals surface area contributed by atoms with Gasteiger partial charge in [-0.05, 0) is 33.3 Å². The van der Waals surface area contributed by atoms with Crippen LogP contribution in [0.5, 0.6) is 17.2 Å². The molecule has 40 heavy (non-hydrogen) atoms. The molecule has 2 heterocycles. The zero-order valence-corrected chi connectivity index (χ0v) is 24.6. The maximum Gasteiger partial charge on any atom is 0.412 e. The van der Waals surface area contributed by atoms with Crippen molar-refractivity contribution in [3.05, 3.63) is 52.6 Å². The van der Waals surface area contributed by atoms with Crippen LogP contribution >= 0.6 is 0 Å². The molecular formula is C30H40N2O8. The first kappa shape index (κ1) is 29.5. The predicted molar refractivity (Wildman–Crippen MR) is 148 cm³/mol. The van der Waals surface area contributed by atoms with Crippen LogP contribution in [-0.2, 0) is 32.0 Å². The molecule has 10 nitrogen and oxygen atoms in total. The van der Waals surface area contributed by atoms with Gasteiger partial charge < -0.3 is 33.3 Å². The number of fused-ring (bicyclic) bond motifs is 2. The molecule has 3 atom stereocenters. The van der Waals surface area contributed by atoms with Crippen molar-refractivity contribution in [1.29, 1.82) is 0 Å². The van der Waals surface area contributed by atoms with Crippen LogP contribution in [0.1, 0.15) is 49.1 Å². The van der Waals surface area contributed by atoms with E-state index in [9.17, 15) is 9.59 Å². The lowest BCUT2D eigenvalue weighted by atomic mass is 9.83. The molecule has 2 aliphatic heterocycles. The molecule has 0 N–H and O–H groups in total. The number of methoxy groups -OCH3 is 4. The molecule has 2 amide bonds. The van der Waals surface area contributed by atoms with Crippen molar-refractivity contribution in [3.63, 3.8) is 0 Å². The molecule has 0 aromatic heterocycles. The first-order valence-electron chi connectivity index (χ1n) is 13.3. The van der Waals surface area contributed by atoms with Gasteiger partial charge in [0.1, 0.15) is 17.9 Å². The van der Waals surface area contributed by atoms with Gasteiger partial charge in [0.25, 0.3) is 0 Å². The van der Waals surface area contributed by atoms with E-state index in [1.165, 1.54) is 12.0 Å². The molecule has 4 rings (SSSR count). The number of hydrogen-bond donors (Lipinski definition) is 0. The lowest BCUT2D eigenvalue weighted by Crippen LogP contribution is -2.67. The average Bonchev–Trinajstić information content (AvgIpc) is 2.91. The number of nitrogens with zero attached hydrogens (tertiary/aromatic N) is 2. The van der Waals surface area contributed by atoms with Crippen LogP contribution in [0.25, 0.3) is 0 Å². The Morgan fingerprint density at radius 2 is 1.62 bits per heavy atom. The van der Waals surface area contributed by atoms with Gasteiger partial charge in [-0.3, -0.25) is 9.69 Å². The third-order valence-corrected chi connectivity index (χ3v) is 7.27. The van der Waals surface area contributed by atoms with Crippen molar-refractivity contribution in [2.75, 3.05) is 41.6 Å². The molecule has 10 heteroatoms. The average molecular weight is 557 g/mol. The second kappa shape index (κ2) is 11.9. The molecule has 218 valence electrons. The van der Waals surface area contributed by atoms with E-state index in [1.807, 2.05) is 37.3 Å². The number of benzene rings is 2. The second-order valence-corrected chi connectivity index (χ2v) is 10.9. The lowest BCUT2D eigenvalue weighted by Gasteiger charge is -2.52. The Bertz CT molecular complexity index is 1230. The Morgan fingerprint density at radius 1 is 0.975 bits per heavy atom. The largest absolute Gasteiger partial charge is 0.496 e. The Hall–Kier alpha value is -3.50. The number of piperazine rings is 1. The van der Waals surface area contributed by atoms with Gasteiger partial charge >= 0.3 is 6.09 Å². The molecule has 0 radical (unpaired) electrons. The fourth-order valence-electron chi connectivity index (χ4n) is 5.76. The summed E-state index contributed by atoms with van der Waals surface area (Å²) in [5.74, 6) is 1.45. The molecule has 2 aromatic rings. The highest BCUT2D eigenvalue weighted by atomic mass is 16.6. The quantitative estimate of drug-likeness (QED) is 0.476. The first-order chi connectivity index (χ1) is 19.1. The zero-order chi connectivity index (χ0) is 29.2. The summed E-state index contributed by atoms with van der Waals surface area (Å²) < 4.78 is 35.3. The normalized spacial score (nSPS) is 20.5. The minimum Gasteiger partial charge on any atom is -0.496 e. The van der Waals surface area contributed by atoms with Crippen LogP contribution < -0.4 is 14.2 Å².